The Morgan fingerprint density at radius 3 is 2.35 bits per heavy atom. The SMILES string of the molecule is CCCCCCCCCCC(N)c1cn[nH]n1. The smallest absolute Gasteiger partial charge is 0.0991 e. The number of unbranched alkanes of at least 4 members (excludes halogenated alkanes) is 7. The highest BCUT2D eigenvalue weighted by atomic mass is 15.3. The lowest BCUT2D eigenvalue weighted by atomic mass is 10.0. The zero-order valence-electron chi connectivity index (χ0n) is 11.0. The van der Waals surface area contributed by atoms with Crippen molar-refractivity contribution in [1.29, 1.82) is 0 Å². The Balaban J connectivity index is 1.90. The largest absolute Gasteiger partial charge is 0.323 e. The third-order valence-electron chi connectivity index (χ3n) is 3.18. The van der Waals surface area contributed by atoms with E-state index in [-0.39, 0.29) is 6.04 Å². The zero-order chi connectivity index (χ0) is 12.3. The maximum Gasteiger partial charge on any atom is 0.0991 e. The van der Waals surface area contributed by atoms with Gasteiger partial charge in [0.2, 0.25) is 0 Å². The summed E-state index contributed by atoms with van der Waals surface area (Å²) in [6.07, 6.45) is 13.4. The van der Waals surface area contributed by atoms with Crippen molar-refractivity contribution < 1.29 is 0 Å². The lowest BCUT2D eigenvalue weighted by Gasteiger charge is -2.07. The topological polar surface area (TPSA) is 67.6 Å². The van der Waals surface area contributed by atoms with Crippen LogP contribution in [0.5, 0.6) is 0 Å². The van der Waals surface area contributed by atoms with Crippen molar-refractivity contribution in [3.63, 3.8) is 0 Å². The quantitative estimate of drug-likeness (QED) is 0.614. The molecule has 1 unspecified atom stereocenters. The standard InChI is InChI=1S/C13H26N4/c1-2-3-4-5-6-7-8-9-10-12(14)13-11-15-17-16-13/h11-12H,2-10,14H2,1H3,(H,15,16,17). The van der Waals surface area contributed by atoms with Crippen LogP contribution in [0.15, 0.2) is 6.20 Å². The van der Waals surface area contributed by atoms with Crippen LogP contribution in [0.1, 0.15) is 76.4 Å². The number of aromatic amines is 1. The first-order valence-electron chi connectivity index (χ1n) is 6.96. The number of nitrogens with zero attached hydrogens (tertiary/aromatic N) is 2. The molecule has 0 amide bonds. The number of nitrogens with two attached hydrogens (primary N) is 1. The molecular weight excluding hydrogens is 212 g/mol. The molecular formula is C13H26N4. The molecule has 1 aromatic heterocycles. The molecule has 0 aliphatic carbocycles. The van der Waals surface area contributed by atoms with Gasteiger partial charge in [-0.2, -0.15) is 15.4 Å². The second-order valence-corrected chi connectivity index (χ2v) is 4.76. The van der Waals surface area contributed by atoms with Crippen molar-refractivity contribution in [2.45, 2.75) is 70.8 Å². The molecule has 0 fully saturated rings. The molecule has 1 heterocycles. The average molecular weight is 238 g/mol. The highest BCUT2D eigenvalue weighted by Gasteiger charge is 2.07. The van der Waals surface area contributed by atoms with Crippen molar-refractivity contribution in [3.05, 3.63) is 11.9 Å². The third-order valence-corrected chi connectivity index (χ3v) is 3.18. The predicted molar refractivity (Wildman–Crippen MR) is 70.5 cm³/mol. The molecule has 1 aromatic rings. The summed E-state index contributed by atoms with van der Waals surface area (Å²) in [6.45, 7) is 2.26. The van der Waals surface area contributed by atoms with Crippen molar-refractivity contribution in [2.75, 3.05) is 0 Å². The van der Waals surface area contributed by atoms with E-state index in [2.05, 4.69) is 22.3 Å². The van der Waals surface area contributed by atoms with Crippen molar-refractivity contribution in [2.24, 2.45) is 5.73 Å². The van der Waals surface area contributed by atoms with Crippen LogP contribution in [-0.2, 0) is 0 Å². The second kappa shape index (κ2) is 9.16. The summed E-state index contributed by atoms with van der Waals surface area (Å²) in [5.74, 6) is 0. The van der Waals surface area contributed by atoms with Gasteiger partial charge in [-0.1, -0.05) is 58.3 Å². The third kappa shape index (κ3) is 6.41. The van der Waals surface area contributed by atoms with E-state index in [0.29, 0.717) is 0 Å². The molecule has 3 N–H and O–H groups in total. The summed E-state index contributed by atoms with van der Waals surface area (Å²) < 4.78 is 0. The van der Waals surface area contributed by atoms with Crippen LogP contribution in [-0.4, -0.2) is 15.4 Å². The van der Waals surface area contributed by atoms with Crippen LogP contribution in [0.25, 0.3) is 0 Å². The maximum absolute atomic E-state index is 6.00. The molecule has 0 radical (unpaired) electrons. The molecule has 0 spiro atoms. The Kier molecular flexibility index (Phi) is 7.63. The van der Waals surface area contributed by atoms with Gasteiger partial charge in [-0.3, -0.25) is 0 Å². The van der Waals surface area contributed by atoms with Gasteiger partial charge in [0.05, 0.1) is 17.9 Å². The number of H-pyrrole nitrogens is 1. The Morgan fingerprint density at radius 2 is 1.76 bits per heavy atom. The van der Waals surface area contributed by atoms with Gasteiger partial charge >= 0.3 is 0 Å². The Labute approximate surface area is 104 Å². The summed E-state index contributed by atoms with van der Waals surface area (Å²) in [4.78, 5) is 0. The molecule has 0 aliphatic heterocycles. The van der Waals surface area contributed by atoms with E-state index in [1.54, 1.807) is 6.20 Å². The van der Waals surface area contributed by atoms with Crippen molar-refractivity contribution in [1.82, 2.24) is 15.4 Å². The molecule has 0 bridgehead atoms. The van der Waals surface area contributed by atoms with Gasteiger partial charge in [-0.15, -0.1) is 0 Å². The fourth-order valence-electron chi connectivity index (χ4n) is 2.04. The zero-order valence-corrected chi connectivity index (χ0v) is 11.0. The van der Waals surface area contributed by atoms with Crippen molar-refractivity contribution in [3.8, 4) is 0 Å². The van der Waals surface area contributed by atoms with E-state index >= 15 is 0 Å². The van der Waals surface area contributed by atoms with Crippen LogP contribution < -0.4 is 5.73 Å². The molecule has 1 rings (SSSR count). The van der Waals surface area contributed by atoms with E-state index in [1.165, 1.54) is 51.4 Å². The first-order valence-corrected chi connectivity index (χ1v) is 6.96. The van der Waals surface area contributed by atoms with E-state index < -0.39 is 0 Å². The van der Waals surface area contributed by atoms with Gasteiger partial charge in [0.15, 0.2) is 0 Å². The van der Waals surface area contributed by atoms with E-state index in [0.717, 1.165) is 12.1 Å². The number of aromatic nitrogens is 3. The molecule has 0 aliphatic rings. The van der Waals surface area contributed by atoms with Crippen LogP contribution >= 0.6 is 0 Å². The minimum absolute atomic E-state index is 0.0499. The lowest BCUT2D eigenvalue weighted by Crippen LogP contribution is -2.10. The Bertz CT molecular complexity index is 258. The summed E-state index contributed by atoms with van der Waals surface area (Å²) in [5, 5.41) is 10.4. The van der Waals surface area contributed by atoms with Gasteiger partial charge in [-0.05, 0) is 6.42 Å². The summed E-state index contributed by atoms with van der Waals surface area (Å²) in [6, 6.07) is 0.0499. The van der Waals surface area contributed by atoms with E-state index in [4.69, 9.17) is 5.73 Å². The molecule has 1 atom stereocenters. The van der Waals surface area contributed by atoms with Gasteiger partial charge in [0, 0.05) is 0 Å². The predicted octanol–water partition coefficient (Wildman–Crippen LogP) is 3.34. The van der Waals surface area contributed by atoms with Crippen LogP contribution in [0.4, 0.5) is 0 Å². The van der Waals surface area contributed by atoms with Crippen LogP contribution in [0, 0.1) is 0 Å². The molecule has 0 saturated carbocycles. The minimum atomic E-state index is 0.0499. The minimum Gasteiger partial charge on any atom is -0.323 e. The van der Waals surface area contributed by atoms with E-state index in [9.17, 15) is 0 Å². The Hall–Kier alpha value is -0.900. The van der Waals surface area contributed by atoms with Crippen LogP contribution in [0.2, 0.25) is 0 Å². The normalized spacial score (nSPS) is 12.8. The number of hydrogen-bond donors (Lipinski definition) is 2. The summed E-state index contributed by atoms with van der Waals surface area (Å²) >= 11 is 0. The molecule has 17 heavy (non-hydrogen) atoms. The Morgan fingerprint density at radius 1 is 1.12 bits per heavy atom. The average Bonchev–Trinajstić information content (AvgIpc) is 2.86. The van der Waals surface area contributed by atoms with Crippen molar-refractivity contribution >= 4 is 0 Å². The van der Waals surface area contributed by atoms with Crippen LogP contribution in [0.3, 0.4) is 0 Å². The van der Waals surface area contributed by atoms with Gasteiger partial charge in [-0.25, -0.2) is 0 Å². The highest BCUT2D eigenvalue weighted by Crippen LogP contribution is 2.15. The second-order valence-electron chi connectivity index (χ2n) is 4.76. The fraction of sp³-hybridized carbons (Fsp3) is 0.846. The van der Waals surface area contributed by atoms with Gasteiger partial charge in [0.25, 0.3) is 0 Å². The molecule has 0 saturated heterocycles. The number of nitrogens with one attached hydrogen (secondary N) is 1. The monoisotopic (exact) mass is 238 g/mol. The molecule has 98 valence electrons. The first-order chi connectivity index (χ1) is 8.34. The fourth-order valence-corrected chi connectivity index (χ4v) is 2.04. The number of hydrogen-bond acceptors (Lipinski definition) is 3. The highest BCUT2D eigenvalue weighted by molar-refractivity contribution is 4.97. The molecule has 4 nitrogen and oxygen atoms in total. The summed E-state index contributed by atoms with van der Waals surface area (Å²) in [7, 11) is 0. The lowest BCUT2D eigenvalue weighted by molar-refractivity contribution is 0.531. The number of rotatable bonds is 10. The van der Waals surface area contributed by atoms with E-state index in [1.807, 2.05) is 0 Å². The molecule has 0 aromatic carbocycles. The van der Waals surface area contributed by atoms with Gasteiger partial charge < -0.3 is 5.73 Å². The van der Waals surface area contributed by atoms with Gasteiger partial charge in [0.1, 0.15) is 0 Å². The summed E-state index contributed by atoms with van der Waals surface area (Å²) in [5.41, 5.74) is 6.88. The first kappa shape index (κ1) is 14.2. The molecule has 4 heteroatoms. The maximum atomic E-state index is 6.00.